The predicted molar refractivity (Wildman–Crippen MR) is 69.6 cm³/mol. The summed E-state index contributed by atoms with van der Waals surface area (Å²) in [5.41, 5.74) is 5.58. The van der Waals surface area contributed by atoms with Crippen molar-refractivity contribution in [1.82, 2.24) is 4.72 Å². The zero-order valence-electron chi connectivity index (χ0n) is 10.2. The standard InChI is InChI=1S/C10H20N2O2S2/c1-9(2)7(10(9,3)4)5-12-16(13,14)6-8(11)15/h7,12H,5-6H2,1-4H3,(H2,11,15). The summed E-state index contributed by atoms with van der Waals surface area (Å²) in [7, 11) is -3.35. The maximum absolute atomic E-state index is 11.5. The average molecular weight is 264 g/mol. The van der Waals surface area contributed by atoms with Crippen LogP contribution in [0.3, 0.4) is 0 Å². The quantitative estimate of drug-likeness (QED) is 0.723. The van der Waals surface area contributed by atoms with Gasteiger partial charge in [-0.05, 0) is 16.7 Å². The van der Waals surface area contributed by atoms with Crippen molar-refractivity contribution in [2.75, 3.05) is 12.3 Å². The Hall–Kier alpha value is -0.200. The molecule has 0 spiro atoms. The van der Waals surface area contributed by atoms with Gasteiger partial charge in [-0.2, -0.15) is 0 Å². The van der Waals surface area contributed by atoms with Gasteiger partial charge in [-0.25, -0.2) is 13.1 Å². The molecule has 1 rings (SSSR count). The van der Waals surface area contributed by atoms with Crippen molar-refractivity contribution < 1.29 is 8.42 Å². The lowest BCUT2D eigenvalue weighted by atomic mass is 10.0. The van der Waals surface area contributed by atoms with Crippen molar-refractivity contribution in [1.29, 1.82) is 0 Å². The van der Waals surface area contributed by atoms with Crippen molar-refractivity contribution in [2.45, 2.75) is 27.7 Å². The second-order valence-corrected chi connectivity index (χ2v) is 7.90. The third kappa shape index (κ3) is 2.55. The first-order chi connectivity index (χ1) is 7.01. The van der Waals surface area contributed by atoms with Crippen LogP contribution in [-0.2, 0) is 10.0 Å². The predicted octanol–water partition coefficient (Wildman–Crippen LogP) is 0.874. The highest BCUT2D eigenvalue weighted by molar-refractivity contribution is 7.92. The molecule has 0 radical (unpaired) electrons. The maximum atomic E-state index is 11.5. The summed E-state index contributed by atoms with van der Waals surface area (Å²) < 4.78 is 25.6. The number of nitrogens with one attached hydrogen (secondary N) is 1. The first-order valence-electron chi connectivity index (χ1n) is 5.26. The van der Waals surface area contributed by atoms with Gasteiger partial charge < -0.3 is 5.73 Å². The molecule has 4 nitrogen and oxygen atoms in total. The van der Waals surface area contributed by atoms with Crippen LogP contribution in [0.25, 0.3) is 0 Å². The van der Waals surface area contributed by atoms with E-state index >= 15 is 0 Å². The molecule has 1 aliphatic rings. The van der Waals surface area contributed by atoms with Crippen LogP contribution >= 0.6 is 12.2 Å². The molecule has 3 N–H and O–H groups in total. The van der Waals surface area contributed by atoms with E-state index in [0.717, 1.165) is 0 Å². The van der Waals surface area contributed by atoms with Gasteiger partial charge in [-0.1, -0.05) is 39.9 Å². The number of hydrogen-bond acceptors (Lipinski definition) is 3. The Morgan fingerprint density at radius 1 is 1.31 bits per heavy atom. The summed E-state index contributed by atoms with van der Waals surface area (Å²) in [4.78, 5) is 0.00168. The van der Waals surface area contributed by atoms with Gasteiger partial charge in [0, 0.05) is 6.54 Å². The van der Waals surface area contributed by atoms with E-state index in [4.69, 9.17) is 5.73 Å². The van der Waals surface area contributed by atoms with E-state index < -0.39 is 10.0 Å². The van der Waals surface area contributed by atoms with Gasteiger partial charge in [-0.15, -0.1) is 0 Å². The molecule has 1 aliphatic carbocycles. The fraction of sp³-hybridized carbons (Fsp3) is 0.900. The number of thiocarbonyl (C=S) groups is 1. The molecule has 0 unspecified atom stereocenters. The van der Waals surface area contributed by atoms with Crippen LogP contribution in [0.4, 0.5) is 0 Å². The highest BCUT2D eigenvalue weighted by Gasteiger charge is 2.64. The van der Waals surface area contributed by atoms with Gasteiger partial charge in [0.05, 0.1) is 4.99 Å². The Bertz CT molecular complexity index is 385. The molecule has 1 saturated carbocycles. The Labute approximate surface area is 103 Å². The Balaban J connectivity index is 2.52. The van der Waals surface area contributed by atoms with E-state index in [1.165, 1.54) is 0 Å². The first-order valence-corrected chi connectivity index (χ1v) is 7.32. The van der Waals surface area contributed by atoms with Crippen molar-refractivity contribution >= 4 is 27.2 Å². The molecule has 0 aliphatic heterocycles. The van der Waals surface area contributed by atoms with Gasteiger partial charge in [0.15, 0.2) is 0 Å². The summed E-state index contributed by atoms with van der Waals surface area (Å²) in [6, 6.07) is 0. The molecule has 0 aromatic rings. The summed E-state index contributed by atoms with van der Waals surface area (Å²) in [5, 5.41) is 0. The van der Waals surface area contributed by atoms with E-state index in [1.807, 2.05) is 0 Å². The Kier molecular flexibility index (Phi) is 3.40. The van der Waals surface area contributed by atoms with Crippen molar-refractivity contribution in [3.63, 3.8) is 0 Å². The van der Waals surface area contributed by atoms with Gasteiger partial charge in [0.1, 0.15) is 5.75 Å². The van der Waals surface area contributed by atoms with Crippen LogP contribution in [0.2, 0.25) is 0 Å². The smallest absolute Gasteiger partial charge is 0.218 e. The molecule has 16 heavy (non-hydrogen) atoms. The summed E-state index contributed by atoms with van der Waals surface area (Å²) in [6.45, 7) is 9.07. The molecule has 94 valence electrons. The lowest BCUT2D eigenvalue weighted by molar-refractivity contribution is 0.457. The van der Waals surface area contributed by atoms with E-state index in [1.54, 1.807) is 0 Å². The summed E-state index contributed by atoms with van der Waals surface area (Å²) in [6.07, 6.45) is 0. The molecule has 0 saturated heterocycles. The van der Waals surface area contributed by atoms with E-state index in [2.05, 4.69) is 44.6 Å². The first kappa shape index (κ1) is 13.9. The topological polar surface area (TPSA) is 72.2 Å². The minimum atomic E-state index is -3.35. The molecule has 6 heteroatoms. The van der Waals surface area contributed by atoms with E-state index in [0.29, 0.717) is 12.5 Å². The minimum absolute atomic E-state index is 0.00168. The Morgan fingerprint density at radius 2 is 1.75 bits per heavy atom. The van der Waals surface area contributed by atoms with Crippen LogP contribution in [0, 0.1) is 16.7 Å². The lowest BCUT2D eigenvalue weighted by Gasteiger charge is -2.06. The molecule has 0 heterocycles. The molecule has 0 amide bonds. The molecular formula is C10H20N2O2S2. The van der Waals surface area contributed by atoms with Gasteiger partial charge in [0.25, 0.3) is 0 Å². The second-order valence-electron chi connectivity index (χ2n) is 5.57. The number of nitrogens with two attached hydrogens (primary N) is 1. The average Bonchev–Trinajstić information content (AvgIpc) is 2.37. The minimum Gasteiger partial charge on any atom is -0.392 e. The molecular weight excluding hydrogens is 244 g/mol. The number of rotatable bonds is 5. The summed E-state index contributed by atoms with van der Waals surface area (Å²) >= 11 is 4.59. The van der Waals surface area contributed by atoms with Gasteiger partial charge >= 0.3 is 0 Å². The zero-order chi connectivity index (χ0) is 12.8. The third-order valence-electron chi connectivity index (χ3n) is 4.16. The molecule has 0 aromatic heterocycles. The van der Waals surface area contributed by atoms with E-state index in [9.17, 15) is 8.42 Å². The van der Waals surface area contributed by atoms with E-state index in [-0.39, 0.29) is 21.6 Å². The molecule has 1 fully saturated rings. The fourth-order valence-corrected chi connectivity index (χ4v) is 3.65. The number of sulfonamides is 1. The van der Waals surface area contributed by atoms with Crippen molar-refractivity contribution in [2.24, 2.45) is 22.5 Å². The van der Waals surface area contributed by atoms with Crippen molar-refractivity contribution in [3.8, 4) is 0 Å². The van der Waals surface area contributed by atoms with Crippen LogP contribution in [0.1, 0.15) is 27.7 Å². The normalized spacial score (nSPS) is 23.0. The number of hydrogen-bond donors (Lipinski definition) is 2. The maximum Gasteiger partial charge on any atom is 0.218 e. The molecule has 0 atom stereocenters. The highest BCUT2D eigenvalue weighted by Crippen LogP contribution is 2.67. The third-order valence-corrected chi connectivity index (χ3v) is 5.78. The largest absolute Gasteiger partial charge is 0.392 e. The fourth-order valence-electron chi connectivity index (χ4n) is 2.29. The molecule has 0 bridgehead atoms. The highest BCUT2D eigenvalue weighted by atomic mass is 32.2. The zero-order valence-corrected chi connectivity index (χ0v) is 11.8. The van der Waals surface area contributed by atoms with Crippen LogP contribution in [-0.4, -0.2) is 25.7 Å². The van der Waals surface area contributed by atoms with Crippen LogP contribution < -0.4 is 10.5 Å². The van der Waals surface area contributed by atoms with Gasteiger partial charge in [-0.3, -0.25) is 0 Å². The second kappa shape index (κ2) is 3.92. The van der Waals surface area contributed by atoms with Crippen molar-refractivity contribution in [3.05, 3.63) is 0 Å². The monoisotopic (exact) mass is 264 g/mol. The Morgan fingerprint density at radius 3 is 2.06 bits per heavy atom. The summed E-state index contributed by atoms with van der Waals surface area (Å²) in [5.74, 6) is 0.0942. The lowest BCUT2D eigenvalue weighted by Crippen LogP contribution is -2.34. The van der Waals surface area contributed by atoms with Crippen LogP contribution in [0.5, 0.6) is 0 Å². The molecule has 0 aromatic carbocycles. The van der Waals surface area contributed by atoms with Crippen LogP contribution in [0.15, 0.2) is 0 Å². The SMILES string of the molecule is CC1(C)C(CNS(=O)(=O)CC(N)=S)C1(C)C. The van der Waals surface area contributed by atoms with Gasteiger partial charge in [0.2, 0.25) is 10.0 Å².